The Hall–Kier alpha value is -2.24. The van der Waals surface area contributed by atoms with Crippen molar-refractivity contribution in [2.75, 3.05) is 36.4 Å². The van der Waals surface area contributed by atoms with E-state index in [0.29, 0.717) is 47.5 Å². The number of hydrogen-bond acceptors (Lipinski definition) is 3. The number of ketones is 1. The zero-order valence-corrected chi connectivity index (χ0v) is 15.8. The molecule has 0 radical (unpaired) electrons. The zero-order valence-electron chi connectivity index (χ0n) is 14.3. The van der Waals surface area contributed by atoms with E-state index in [9.17, 15) is 9.59 Å². The lowest BCUT2D eigenvalue weighted by atomic mass is 10.1. The molecule has 1 saturated heterocycles. The molecule has 0 bridgehead atoms. The lowest BCUT2D eigenvalue weighted by Crippen LogP contribution is -2.50. The number of anilines is 2. The number of piperazine rings is 1. The number of rotatable bonds is 3. The van der Waals surface area contributed by atoms with Crippen LogP contribution in [0, 0.1) is 0 Å². The molecule has 0 spiro atoms. The summed E-state index contributed by atoms with van der Waals surface area (Å²) in [5.74, 6) is 0.0460. The number of nitrogens with one attached hydrogen (secondary N) is 1. The number of benzene rings is 2. The molecule has 1 aliphatic rings. The number of Topliss-reactive ketones (excluding diaryl/α,β-unsaturated/α-hetero) is 1. The third-order valence-electron chi connectivity index (χ3n) is 4.36. The largest absolute Gasteiger partial charge is 0.368 e. The summed E-state index contributed by atoms with van der Waals surface area (Å²) in [5, 5.41) is 3.75. The Balaban J connectivity index is 1.60. The molecule has 5 nitrogen and oxygen atoms in total. The molecular weight excluding hydrogens is 373 g/mol. The van der Waals surface area contributed by atoms with Gasteiger partial charge in [-0.15, -0.1) is 0 Å². The van der Waals surface area contributed by atoms with Gasteiger partial charge in [0.05, 0.1) is 10.7 Å². The highest BCUT2D eigenvalue weighted by Crippen LogP contribution is 2.26. The van der Waals surface area contributed by atoms with Gasteiger partial charge in [-0.3, -0.25) is 4.79 Å². The average Bonchev–Trinajstić information content (AvgIpc) is 2.64. The SMILES string of the molecule is CC(=O)c1cccc(N2CCN(C(=O)Nc3ccc(Cl)cc3Cl)CC2)c1. The predicted molar refractivity (Wildman–Crippen MR) is 106 cm³/mol. The van der Waals surface area contributed by atoms with Crippen molar-refractivity contribution in [3.05, 3.63) is 58.1 Å². The highest BCUT2D eigenvalue weighted by Gasteiger charge is 2.22. The number of urea groups is 1. The first-order valence-corrected chi connectivity index (χ1v) is 9.06. The maximum absolute atomic E-state index is 12.5. The van der Waals surface area contributed by atoms with Crippen molar-refractivity contribution in [2.24, 2.45) is 0 Å². The Morgan fingerprint density at radius 3 is 2.38 bits per heavy atom. The topological polar surface area (TPSA) is 52.7 Å². The molecule has 136 valence electrons. The first kappa shape index (κ1) is 18.5. The van der Waals surface area contributed by atoms with Crippen LogP contribution < -0.4 is 10.2 Å². The minimum absolute atomic E-state index is 0.0460. The first-order valence-electron chi connectivity index (χ1n) is 8.31. The Labute approximate surface area is 162 Å². The van der Waals surface area contributed by atoms with Crippen molar-refractivity contribution in [3.63, 3.8) is 0 Å². The summed E-state index contributed by atoms with van der Waals surface area (Å²) in [6, 6.07) is 12.3. The molecule has 0 saturated carbocycles. The normalized spacial score (nSPS) is 14.3. The van der Waals surface area contributed by atoms with Gasteiger partial charge in [0.1, 0.15) is 0 Å². The Morgan fingerprint density at radius 1 is 1.00 bits per heavy atom. The molecule has 7 heteroatoms. The lowest BCUT2D eigenvalue weighted by molar-refractivity contribution is 0.101. The van der Waals surface area contributed by atoms with Crippen molar-refractivity contribution >= 4 is 46.4 Å². The van der Waals surface area contributed by atoms with E-state index >= 15 is 0 Å². The Morgan fingerprint density at radius 2 is 1.73 bits per heavy atom. The fraction of sp³-hybridized carbons (Fsp3) is 0.263. The summed E-state index contributed by atoms with van der Waals surface area (Å²) in [6.07, 6.45) is 0. The summed E-state index contributed by atoms with van der Waals surface area (Å²) in [6.45, 7) is 4.12. The van der Waals surface area contributed by atoms with Crippen LogP contribution in [-0.2, 0) is 0 Å². The van der Waals surface area contributed by atoms with Crippen molar-refractivity contribution in [3.8, 4) is 0 Å². The summed E-state index contributed by atoms with van der Waals surface area (Å²) in [4.78, 5) is 27.9. The summed E-state index contributed by atoms with van der Waals surface area (Å²) in [7, 11) is 0. The smallest absolute Gasteiger partial charge is 0.322 e. The Bertz CT molecular complexity index is 833. The van der Waals surface area contributed by atoms with Crippen molar-refractivity contribution < 1.29 is 9.59 Å². The minimum Gasteiger partial charge on any atom is -0.368 e. The van der Waals surface area contributed by atoms with E-state index in [-0.39, 0.29) is 11.8 Å². The van der Waals surface area contributed by atoms with Gasteiger partial charge in [0.25, 0.3) is 0 Å². The van der Waals surface area contributed by atoms with E-state index in [4.69, 9.17) is 23.2 Å². The molecule has 0 aliphatic carbocycles. The predicted octanol–water partition coefficient (Wildman–Crippen LogP) is 4.55. The third-order valence-corrected chi connectivity index (χ3v) is 4.91. The second-order valence-electron chi connectivity index (χ2n) is 6.13. The van der Waals surface area contributed by atoms with E-state index in [1.54, 1.807) is 30.0 Å². The minimum atomic E-state index is -0.189. The molecule has 0 aromatic heterocycles. The van der Waals surface area contributed by atoms with Crippen LogP contribution in [-0.4, -0.2) is 42.9 Å². The van der Waals surface area contributed by atoms with Gasteiger partial charge in [-0.1, -0.05) is 35.3 Å². The van der Waals surface area contributed by atoms with Gasteiger partial charge in [0.15, 0.2) is 5.78 Å². The number of halogens is 2. The highest BCUT2D eigenvalue weighted by atomic mass is 35.5. The molecular formula is C19H19Cl2N3O2. The Kier molecular flexibility index (Phi) is 5.69. The van der Waals surface area contributed by atoms with Gasteiger partial charge < -0.3 is 15.1 Å². The van der Waals surface area contributed by atoms with Gasteiger partial charge >= 0.3 is 6.03 Å². The van der Waals surface area contributed by atoms with Gasteiger partial charge in [0, 0.05) is 42.5 Å². The molecule has 1 aliphatic heterocycles. The molecule has 3 rings (SSSR count). The van der Waals surface area contributed by atoms with E-state index in [1.165, 1.54) is 0 Å². The molecule has 0 atom stereocenters. The van der Waals surface area contributed by atoms with Crippen molar-refractivity contribution in [2.45, 2.75) is 6.92 Å². The van der Waals surface area contributed by atoms with Gasteiger partial charge in [-0.2, -0.15) is 0 Å². The zero-order chi connectivity index (χ0) is 18.7. The standard InChI is InChI=1S/C19H19Cl2N3O2/c1-13(25)14-3-2-4-16(11-14)23-7-9-24(10-8-23)19(26)22-18-6-5-15(20)12-17(18)21/h2-6,11-12H,7-10H2,1H3,(H,22,26). The van der Waals surface area contributed by atoms with Crippen LogP contribution in [0.25, 0.3) is 0 Å². The number of nitrogens with zero attached hydrogens (tertiary/aromatic N) is 2. The highest BCUT2D eigenvalue weighted by molar-refractivity contribution is 6.36. The molecule has 2 amide bonds. The summed E-state index contributed by atoms with van der Waals surface area (Å²) in [5.41, 5.74) is 2.23. The number of hydrogen-bond donors (Lipinski definition) is 1. The van der Waals surface area contributed by atoms with E-state index in [0.717, 1.165) is 5.69 Å². The first-order chi connectivity index (χ1) is 12.4. The van der Waals surface area contributed by atoms with Crippen LogP contribution in [0.4, 0.5) is 16.2 Å². The van der Waals surface area contributed by atoms with E-state index in [1.807, 2.05) is 24.3 Å². The van der Waals surface area contributed by atoms with Gasteiger partial charge in [-0.25, -0.2) is 4.79 Å². The molecule has 2 aromatic rings. The average molecular weight is 392 g/mol. The second kappa shape index (κ2) is 7.98. The maximum atomic E-state index is 12.5. The summed E-state index contributed by atoms with van der Waals surface area (Å²) >= 11 is 12.0. The fourth-order valence-corrected chi connectivity index (χ4v) is 3.33. The van der Waals surface area contributed by atoms with Gasteiger partial charge in [0.2, 0.25) is 0 Å². The van der Waals surface area contributed by atoms with E-state index in [2.05, 4.69) is 10.2 Å². The third kappa shape index (κ3) is 4.29. The quantitative estimate of drug-likeness (QED) is 0.780. The van der Waals surface area contributed by atoms with Crippen molar-refractivity contribution in [1.29, 1.82) is 0 Å². The second-order valence-corrected chi connectivity index (χ2v) is 6.98. The van der Waals surface area contributed by atoms with Gasteiger partial charge in [-0.05, 0) is 37.3 Å². The van der Waals surface area contributed by atoms with E-state index < -0.39 is 0 Å². The van der Waals surface area contributed by atoms with Crippen LogP contribution in [0.15, 0.2) is 42.5 Å². The molecule has 1 fully saturated rings. The number of carbonyl (C=O) groups excluding carboxylic acids is 2. The molecule has 26 heavy (non-hydrogen) atoms. The van der Waals surface area contributed by atoms with Crippen LogP contribution in [0.5, 0.6) is 0 Å². The maximum Gasteiger partial charge on any atom is 0.322 e. The number of carbonyl (C=O) groups is 2. The fourth-order valence-electron chi connectivity index (χ4n) is 2.87. The lowest BCUT2D eigenvalue weighted by Gasteiger charge is -2.36. The van der Waals surface area contributed by atoms with Crippen molar-refractivity contribution in [1.82, 2.24) is 4.90 Å². The molecule has 1 N–H and O–H groups in total. The molecule has 1 heterocycles. The molecule has 0 unspecified atom stereocenters. The van der Waals surface area contributed by atoms with Crippen LogP contribution in [0.2, 0.25) is 10.0 Å². The molecule has 2 aromatic carbocycles. The number of amides is 2. The monoisotopic (exact) mass is 391 g/mol. The van der Waals surface area contributed by atoms with Crippen LogP contribution in [0.3, 0.4) is 0 Å². The van der Waals surface area contributed by atoms with Crippen LogP contribution >= 0.6 is 23.2 Å². The summed E-state index contributed by atoms with van der Waals surface area (Å²) < 4.78 is 0. The van der Waals surface area contributed by atoms with Crippen LogP contribution in [0.1, 0.15) is 17.3 Å².